The molecule has 0 saturated carbocycles. The molecule has 0 aliphatic rings. The van der Waals surface area contributed by atoms with E-state index in [1.165, 1.54) is 0 Å². The third kappa shape index (κ3) is 5.89. The van der Waals surface area contributed by atoms with Crippen LogP contribution in [0, 0.1) is 6.92 Å². The van der Waals surface area contributed by atoms with E-state index in [-0.39, 0.29) is 18.3 Å². The van der Waals surface area contributed by atoms with Crippen molar-refractivity contribution in [2.75, 3.05) is 12.4 Å². The number of ether oxygens (including phenoxy) is 2. The van der Waals surface area contributed by atoms with Crippen molar-refractivity contribution in [3.05, 3.63) is 124 Å². The molecule has 0 aliphatic carbocycles. The Morgan fingerprint density at radius 2 is 1.66 bits per heavy atom. The van der Waals surface area contributed by atoms with Crippen LogP contribution < -0.4 is 14.8 Å². The molecule has 4 aromatic carbocycles. The van der Waals surface area contributed by atoms with Crippen molar-refractivity contribution in [2.45, 2.75) is 13.5 Å². The van der Waals surface area contributed by atoms with Crippen LogP contribution in [0.2, 0.25) is 5.02 Å². The molecular weight excluding hydrogens is 462 g/mol. The van der Waals surface area contributed by atoms with Crippen LogP contribution in [0.15, 0.2) is 91.0 Å². The third-order valence-electron chi connectivity index (χ3n) is 5.44. The summed E-state index contributed by atoms with van der Waals surface area (Å²) in [5, 5.41) is 3.26. The van der Waals surface area contributed by atoms with Gasteiger partial charge in [0.15, 0.2) is 5.78 Å². The van der Waals surface area contributed by atoms with E-state index >= 15 is 0 Å². The Labute approximate surface area is 209 Å². The Bertz CT molecular complexity index is 1370. The quantitative estimate of drug-likeness (QED) is 0.281. The fourth-order valence-corrected chi connectivity index (χ4v) is 3.82. The smallest absolute Gasteiger partial charge is 0.255 e. The molecule has 35 heavy (non-hydrogen) atoms. The molecule has 0 spiro atoms. The fraction of sp³-hybridized carbons (Fsp3) is 0.103. The van der Waals surface area contributed by atoms with E-state index in [1.54, 1.807) is 67.8 Å². The Hall–Kier alpha value is -4.09. The zero-order valence-electron chi connectivity index (χ0n) is 19.4. The lowest BCUT2D eigenvalue weighted by Gasteiger charge is -2.14. The highest BCUT2D eigenvalue weighted by atomic mass is 35.5. The maximum atomic E-state index is 13.1. The maximum Gasteiger partial charge on any atom is 0.255 e. The molecule has 0 atom stereocenters. The number of aryl methyl sites for hydroxylation is 1. The van der Waals surface area contributed by atoms with Gasteiger partial charge >= 0.3 is 0 Å². The standard InChI is InChI=1S/C29H24ClNO4/c1-19-7-6-10-24(15-19)35-18-22-16-21(11-14-27(22)34-2)29(33)31-26-13-12-23(30)17-25(26)28(32)20-8-4-3-5-9-20/h3-17H,18H2,1-2H3,(H,31,33). The van der Waals surface area contributed by atoms with Gasteiger partial charge in [0.05, 0.1) is 12.8 Å². The maximum absolute atomic E-state index is 13.1. The van der Waals surface area contributed by atoms with Gasteiger partial charge < -0.3 is 14.8 Å². The summed E-state index contributed by atoms with van der Waals surface area (Å²) in [5.41, 5.74) is 3.41. The highest BCUT2D eigenvalue weighted by Crippen LogP contribution is 2.26. The fourth-order valence-electron chi connectivity index (χ4n) is 3.65. The molecule has 0 saturated heterocycles. The number of hydrogen-bond donors (Lipinski definition) is 1. The predicted octanol–water partition coefficient (Wildman–Crippen LogP) is 6.72. The summed E-state index contributed by atoms with van der Waals surface area (Å²) < 4.78 is 11.4. The third-order valence-corrected chi connectivity index (χ3v) is 5.67. The molecule has 1 N–H and O–H groups in total. The van der Waals surface area contributed by atoms with Gasteiger partial charge in [-0.05, 0) is 61.0 Å². The van der Waals surface area contributed by atoms with Crippen LogP contribution in [0.25, 0.3) is 0 Å². The lowest BCUT2D eigenvalue weighted by molar-refractivity contribution is 0.102. The first-order valence-electron chi connectivity index (χ1n) is 11.0. The molecule has 0 unspecified atom stereocenters. The summed E-state index contributed by atoms with van der Waals surface area (Å²) in [5.74, 6) is 0.743. The summed E-state index contributed by atoms with van der Waals surface area (Å²) >= 11 is 6.16. The first-order valence-corrected chi connectivity index (χ1v) is 11.4. The van der Waals surface area contributed by atoms with Crippen LogP contribution in [-0.2, 0) is 6.61 Å². The van der Waals surface area contributed by atoms with Crippen LogP contribution in [0.3, 0.4) is 0 Å². The highest BCUT2D eigenvalue weighted by Gasteiger charge is 2.18. The molecule has 0 aliphatic heterocycles. The summed E-state index contributed by atoms with van der Waals surface area (Å²) in [6.07, 6.45) is 0. The number of methoxy groups -OCH3 is 1. The minimum atomic E-state index is -0.367. The molecule has 4 rings (SSSR count). The van der Waals surface area contributed by atoms with Crippen molar-refractivity contribution in [3.63, 3.8) is 0 Å². The van der Waals surface area contributed by atoms with E-state index in [4.69, 9.17) is 21.1 Å². The normalized spacial score (nSPS) is 10.5. The number of carbonyl (C=O) groups excluding carboxylic acids is 2. The topological polar surface area (TPSA) is 64.6 Å². The molecular formula is C29H24ClNO4. The van der Waals surface area contributed by atoms with Crippen LogP contribution in [0.4, 0.5) is 5.69 Å². The van der Waals surface area contributed by atoms with Crippen molar-refractivity contribution in [2.24, 2.45) is 0 Å². The number of ketones is 1. The van der Waals surface area contributed by atoms with Crippen LogP contribution in [0.5, 0.6) is 11.5 Å². The van der Waals surface area contributed by atoms with Gasteiger partial charge in [-0.15, -0.1) is 0 Å². The monoisotopic (exact) mass is 485 g/mol. The van der Waals surface area contributed by atoms with Crippen molar-refractivity contribution in [1.29, 1.82) is 0 Å². The lowest BCUT2D eigenvalue weighted by Crippen LogP contribution is -2.16. The van der Waals surface area contributed by atoms with E-state index in [9.17, 15) is 9.59 Å². The van der Waals surface area contributed by atoms with Gasteiger partial charge in [0.1, 0.15) is 18.1 Å². The Morgan fingerprint density at radius 1 is 0.857 bits per heavy atom. The summed E-state index contributed by atoms with van der Waals surface area (Å²) in [6.45, 7) is 2.22. The van der Waals surface area contributed by atoms with Crippen LogP contribution in [0.1, 0.15) is 37.4 Å². The number of amides is 1. The van der Waals surface area contributed by atoms with Crippen LogP contribution >= 0.6 is 11.6 Å². The van der Waals surface area contributed by atoms with Gasteiger partial charge in [-0.2, -0.15) is 0 Å². The zero-order chi connectivity index (χ0) is 24.8. The number of nitrogens with one attached hydrogen (secondary N) is 1. The van der Waals surface area contributed by atoms with Gasteiger partial charge in [0.2, 0.25) is 0 Å². The number of rotatable bonds is 8. The minimum Gasteiger partial charge on any atom is -0.496 e. The number of halogens is 1. The van der Waals surface area contributed by atoms with Gasteiger partial charge in [-0.3, -0.25) is 9.59 Å². The van der Waals surface area contributed by atoms with E-state index in [0.29, 0.717) is 33.1 Å². The van der Waals surface area contributed by atoms with Gasteiger partial charge in [-0.1, -0.05) is 54.1 Å². The largest absolute Gasteiger partial charge is 0.496 e. The lowest BCUT2D eigenvalue weighted by atomic mass is 10.0. The minimum absolute atomic E-state index is 0.229. The molecule has 0 aromatic heterocycles. The van der Waals surface area contributed by atoms with Gasteiger partial charge in [0.25, 0.3) is 5.91 Å². The molecule has 1 amide bonds. The number of hydrogen-bond acceptors (Lipinski definition) is 4. The molecule has 5 nitrogen and oxygen atoms in total. The van der Waals surface area contributed by atoms with Crippen molar-refractivity contribution >= 4 is 29.0 Å². The summed E-state index contributed by atoms with van der Waals surface area (Å²) in [4.78, 5) is 26.2. The summed E-state index contributed by atoms with van der Waals surface area (Å²) in [6, 6.07) is 26.5. The second-order valence-corrected chi connectivity index (χ2v) is 8.41. The number of anilines is 1. The van der Waals surface area contributed by atoms with Crippen molar-refractivity contribution in [3.8, 4) is 11.5 Å². The van der Waals surface area contributed by atoms with Crippen molar-refractivity contribution in [1.82, 2.24) is 0 Å². The zero-order valence-corrected chi connectivity index (χ0v) is 20.1. The molecule has 0 bridgehead atoms. The SMILES string of the molecule is COc1ccc(C(=O)Nc2ccc(Cl)cc2C(=O)c2ccccc2)cc1COc1cccc(C)c1. The first-order chi connectivity index (χ1) is 16.9. The Balaban J connectivity index is 1.57. The van der Waals surface area contributed by atoms with E-state index < -0.39 is 0 Å². The number of benzene rings is 4. The average molecular weight is 486 g/mol. The highest BCUT2D eigenvalue weighted by molar-refractivity contribution is 6.31. The molecule has 0 fully saturated rings. The second-order valence-electron chi connectivity index (χ2n) is 7.97. The molecule has 0 heterocycles. The molecule has 0 radical (unpaired) electrons. The molecule has 4 aromatic rings. The van der Waals surface area contributed by atoms with Crippen LogP contribution in [-0.4, -0.2) is 18.8 Å². The van der Waals surface area contributed by atoms with E-state index in [2.05, 4.69) is 5.32 Å². The van der Waals surface area contributed by atoms with E-state index in [0.717, 1.165) is 16.9 Å². The Kier molecular flexibility index (Phi) is 7.48. The molecule has 176 valence electrons. The van der Waals surface area contributed by atoms with Crippen molar-refractivity contribution < 1.29 is 19.1 Å². The number of carbonyl (C=O) groups is 2. The average Bonchev–Trinajstić information content (AvgIpc) is 2.88. The predicted molar refractivity (Wildman–Crippen MR) is 138 cm³/mol. The second kappa shape index (κ2) is 10.9. The summed E-state index contributed by atoms with van der Waals surface area (Å²) in [7, 11) is 1.57. The van der Waals surface area contributed by atoms with E-state index in [1.807, 2.05) is 37.3 Å². The molecule has 6 heteroatoms. The Morgan fingerprint density at radius 3 is 2.40 bits per heavy atom. The first kappa shape index (κ1) is 24.0. The van der Waals surface area contributed by atoms with Gasteiger partial charge in [-0.25, -0.2) is 0 Å². The van der Waals surface area contributed by atoms with Gasteiger partial charge in [0, 0.05) is 27.3 Å².